The molecule has 0 aliphatic carbocycles. The van der Waals surface area contributed by atoms with Gasteiger partial charge in [-0.1, -0.05) is 29.3 Å². The van der Waals surface area contributed by atoms with Gasteiger partial charge in [0.05, 0.1) is 6.54 Å². The Bertz CT molecular complexity index is 723. The molecule has 1 heterocycles. The molecular weight excluding hydrogens is 256 g/mol. The topological polar surface area (TPSA) is 30.9 Å². The molecule has 3 heteroatoms. The maximum Gasteiger partial charge on any atom is 0.0511 e. The lowest BCUT2D eigenvalue weighted by Crippen LogP contribution is -2.02. The van der Waals surface area contributed by atoms with Crippen molar-refractivity contribution >= 4 is 28.2 Å². The Kier molecular flexibility index (Phi) is 2.96. The first kappa shape index (κ1) is 12.1. The van der Waals surface area contributed by atoms with Crippen LogP contribution in [0.5, 0.6) is 0 Å². The first-order valence-electron chi connectivity index (χ1n) is 6.23. The van der Waals surface area contributed by atoms with E-state index in [0.29, 0.717) is 11.6 Å². The summed E-state index contributed by atoms with van der Waals surface area (Å²) in [7, 11) is 0. The fourth-order valence-electron chi connectivity index (χ4n) is 2.37. The molecule has 3 rings (SSSR count). The van der Waals surface area contributed by atoms with Gasteiger partial charge in [0.15, 0.2) is 0 Å². The van der Waals surface area contributed by atoms with Crippen LogP contribution in [0.15, 0.2) is 48.7 Å². The van der Waals surface area contributed by atoms with Crippen molar-refractivity contribution in [3.8, 4) is 0 Å². The van der Waals surface area contributed by atoms with E-state index < -0.39 is 0 Å². The third-order valence-electron chi connectivity index (χ3n) is 3.41. The first-order valence-corrected chi connectivity index (χ1v) is 6.61. The number of fused-ring (bicyclic) bond motifs is 1. The lowest BCUT2D eigenvalue weighted by molar-refractivity contribution is 0.839. The first-order chi connectivity index (χ1) is 9.15. The van der Waals surface area contributed by atoms with Crippen LogP contribution in [0, 0.1) is 6.92 Å². The molecule has 0 aliphatic heterocycles. The highest BCUT2D eigenvalue weighted by atomic mass is 35.5. The van der Waals surface area contributed by atoms with E-state index in [1.807, 2.05) is 18.2 Å². The molecule has 19 heavy (non-hydrogen) atoms. The van der Waals surface area contributed by atoms with Crippen molar-refractivity contribution in [2.45, 2.75) is 13.5 Å². The number of nitrogens with two attached hydrogens (primary N) is 1. The number of nitrogen functional groups attached to an aromatic ring is 1. The van der Waals surface area contributed by atoms with Gasteiger partial charge in [0.2, 0.25) is 0 Å². The summed E-state index contributed by atoms with van der Waals surface area (Å²) in [5.41, 5.74) is 10.2. The highest BCUT2D eigenvalue weighted by Gasteiger charge is 2.07. The number of rotatable bonds is 2. The highest BCUT2D eigenvalue weighted by molar-refractivity contribution is 6.31. The van der Waals surface area contributed by atoms with E-state index >= 15 is 0 Å². The fraction of sp³-hybridized carbons (Fsp3) is 0.125. The number of aromatic nitrogens is 1. The lowest BCUT2D eigenvalue weighted by atomic mass is 10.1. The maximum atomic E-state index is 6.23. The van der Waals surface area contributed by atoms with E-state index in [1.54, 1.807) is 0 Å². The maximum absolute atomic E-state index is 6.23. The van der Waals surface area contributed by atoms with Gasteiger partial charge in [0.25, 0.3) is 0 Å². The van der Waals surface area contributed by atoms with Crippen LogP contribution in [0.3, 0.4) is 0 Å². The Balaban J connectivity index is 2.06. The van der Waals surface area contributed by atoms with Gasteiger partial charge in [-0.25, -0.2) is 0 Å². The van der Waals surface area contributed by atoms with Gasteiger partial charge in [-0.15, -0.1) is 0 Å². The molecule has 0 bridgehead atoms. The Labute approximate surface area is 117 Å². The molecule has 96 valence electrons. The van der Waals surface area contributed by atoms with Gasteiger partial charge in [0.1, 0.15) is 0 Å². The third-order valence-corrected chi connectivity index (χ3v) is 3.76. The molecule has 1 aromatic heterocycles. The van der Waals surface area contributed by atoms with Crippen molar-refractivity contribution in [1.29, 1.82) is 0 Å². The Morgan fingerprint density at radius 1 is 1.16 bits per heavy atom. The minimum atomic E-state index is 0.693. The number of hydrogen-bond acceptors (Lipinski definition) is 1. The summed E-state index contributed by atoms with van der Waals surface area (Å²) in [6, 6.07) is 14.2. The Morgan fingerprint density at radius 3 is 2.79 bits per heavy atom. The number of anilines is 1. The summed E-state index contributed by atoms with van der Waals surface area (Å²) in [6.45, 7) is 2.79. The van der Waals surface area contributed by atoms with Crippen LogP contribution in [0.1, 0.15) is 11.1 Å². The molecule has 0 aliphatic rings. The van der Waals surface area contributed by atoms with Crippen LogP contribution in [-0.2, 0) is 6.54 Å². The van der Waals surface area contributed by atoms with E-state index in [1.165, 1.54) is 16.5 Å². The van der Waals surface area contributed by atoms with E-state index in [-0.39, 0.29) is 0 Å². The van der Waals surface area contributed by atoms with Gasteiger partial charge in [0, 0.05) is 28.0 Å². The van der Waals surface area contributed by atoms with Crippen LogP contribution in [0.25, 0.3) is 10.9 Å². The molecule has 0 amide bonds. The molecule has 0 spiro atoms. The van der Waals surface area contributed by atoms with E-state index in [0.717, 1.165) is 11.3 Å². The van der Waals surface area contributed by atoms with E-state index in [9.17, 15) is 0 Å². The summed E-state index contributed by atoms with van der Waals surface area (Å²) in [5, 5.41) is 1.96. The van der Waals surface area contributed by atoms with Gasteiger partial charge < -0.3 is 10.3 Å². The molecule has 0 radical (unpaired) electrons. The quantitative estimate of drug-likeness (QED) is 0.694. The predicted molar refractivity (Wildman–Crippen MR) is 81.6 cm³/mol. The zero-order chi connectivity index (χ0) is 13.4. The molecule has 0 saturated heterocycles. The van der Waals surface area contributed by atoms with Crippen molar-refractivity contribution in [2.75, 3.05) is 5.73 Å². The number of aryl methyl sites for hydroxylation is 1. The molecular formula is C16H15ClN2. The average molecular weight is 271 g/mol. The van der Waals surface area contributed by atoms with Crippen molar-refractivity contribution in [3.63, 3.8) is 0 Å². The molecule has 0 fully saturated rings. The zero-order valence-corrected chi connectivity index (χ0v) is 11.5. The number of benzene rings is 2. The second-order valence-electron chi connectivity index (χ2n) is 4.81. The molecule has 2 N–H and O–H groups in total. The second-order valence-corrected chi connectivity index (χ2v) is 5.22. The van der Waals surface area contributed by atoms with E-state index in [4.69, 9.17) is 17.3 Å². The van der Waals surface area contributed by atoms with Gasteiger partial charge in [-0.3, -0.25) is 0 Å². The summed E-state index contributed by atoms with van der Waals surface area (Å²) in [6.07, 6.45) is 2.08. The van der Waals surface area contributed by atoms with Crippen molar-refractivity contribution in [3.05, 3.63) is 64.8 Å². The highest BCUT2D eigenvalue weighted by Crippen LogP contribution is 2.25. The summed E-state index contributed by atoms with van der Waals surface area (Å²) < 4.78 is 2.17. The van der Waals surface area contributed by atoms with Crippen LogP contribution in [0.4, 0.5) is 5.69 Å². The van der Waals surface area contributed by atoms with Crippen molar-refractivity contribution in [1.82, 2.24) is 4.57 Å². The van der Waals surface area contributed by atoms with Crippen molar-refractivity contribution < 1.29 is 0 Å². The zero-order valence-electron chi connectivity index (χ0n) is 10.7. The van der Waals surface area contributed by atoms with Crippen LogP contribution >= 0.6 is 11.6 Å². The lowest BCUT2D eigenvalue weighted by Gasteiger charge is -2.10. The Morgan fingerprint density at radius 2 is 2.00 bits per heavy atom. The fourth-order valence-corrected chi connectivity index (χ4v) is 2.61. The van der Waals surface area contributed by atoms with Gasteiger partial charge >= 0.3 is 0 Å². The van der Waals surface area contributed by atoms with Crippen LogP contribution in [-0.4, -0.2) is 4.57 Å². The molecule has 0 atom stereocenters. The standard InChI is InChI=1S/C16H15ClN2/c1-11-5-6-16-12(9-11)7-8-19(16)10-13-14(17)3-2-4-15(13)18/h2-9H,10,18H2,1H3. The molecule has 0 unspecified atom stereocenters. The smallest absolute Gasteiger partial charge is 0.0511 e. The summed E-state index contributed by atoms with van der Waals surface area (Å²) in [5.74, 6) is 0. The molecule has 3 aromatic rings. The van der Waals surface area contributed by atoms with Crippen LogP contribution in [0.2, 0.25) is 5.02 Å². The van der Waals surface area contributed by atoms with Crippen molar-refractivity contribution in [2.24, 2.45) is 0 Å². The minimum Gasteiger partial charge on any atom is -0.398 e. The monoisotopic (exact) mass is 270 g/mol. The second kappa shape index (κ2) is 4.63. The van der Waals surface area contributed by atoms with Crippen LogP contribution < -0.4 is 5.73 Å². The summed E-state index contributed by atoms with van der Waals surface area (Å²) in [4.78, 5) is 0. The predicted octanol–water partition coefficient (Wildman–Crippen LogP) is 4.23. The normalized spacial score (nSPS) is 11.1. The number of halogens is 1. The Hall–Kier alpha value is -1.93. The number of hydrogen-bond donors (Lipinski definition) is 1. The molecule has 2 aromatic carbocycles. The molecule has 0 saturated carbocycles. The summed E-state index contributed by atoms with van der Waals surface area (Å²) >= 11 is 6.23. The van der Waals surface area contributed by atoms with Gasteiger partial charge in [-0.2, -0.15) is 0 Å². The third kappa shape index (κ3) is 2.20. The molecule has 2 nitrogen and oxygen atoms in total. The SMILES string of the molecule is Cc1ccc2c(ccn2Cc2c(N)cccc2Cl)c1. The minimum absolute atomic E-state index is 0.693. The largest absolute Gasteiger partial charge is 0.398 e. The number of nitrogens with zero attached hydrogens (tertiary/aromatic N) is 1. The van der Waals surface area contributed by atoms with E-state index in [2.05, 4.69) is 42.0 Å². The van der Waals surface area contributed by atoms with Gasteiger partial charge in [-0.05, 0) is 42.6 Å². The average Bonchev–Trinajstić information content (AvgIpc) is 2.76.